The first kappa shape index (κ1) is 13.8. The van der Waals surface area contributed by atoms with Gasteiger partial charge >= 0.3 is 0 Å². The highest BCUT2D eigenvalue weighted by Crippen LogP contribution is 2.33. The summed E-state index contributed by atoms with van der Waals surface area (Å²) in [6.07, 6.45) is 7.51. The van der Waals surface area contributed by atoms with Crippen molar-refractivity contribution in [2.75, 3.05) is 20.5 Å². The summed E-state index contributed by atoms with van der Waals surface area (Å²) in [5, 5.41) is 0. The molecule has 0 atom stereocenters. The van der Waals surface area contributed by atoms with Crippen molar-refractivity contribution in [2.45, 2.75) is 4.90 Å². The molecule has 6 heteroatoms. The smallest absolute Gasteiger partial charge is 0.258 e. The lowest BCUT2D eigenvalue weighted by Crippen LogP contribution is -1.92. The summed E-state index contributed by atoms with van der Waals surface area (Å²) in [6, 6.07) is 6.09. The zero-order chi connectivity index (χ0) is 14.8. The molecular formula is C15H15N3O2S. The molecule has 0 N–H and O–H groups in total. The summed E-state index contributed by atoms with van der Waals surface area (Å²) < 4.78 is 12.6. The summed E-state index contributed by atoms with van der Waals surface area (Å²) in [4.78, 5) is 9.92. The van der Waals surface area contributed by atoms with Crippen molar-refractivity contribution in [1.82, 2.24) is 14.4 Å². The number of imidazole rings is 1. The molecule has 1 aromatic carbocycles. The fourth-order valence-electron chi connectivity index (χ4n) is 2.18. The Morgan fingerprint density at radius 1 is 1.19 bits per heavy atom. The van der Waals surface area contributed by atoms with Crippen molar-refractivity contribution in [2.24, 2.45) is 0 Å². The predicted molar refractivity (Wildman–Crippen MR) is 83.3 cm³/mol. The molecule has 0 radical (unpaired) electrons. The zero-order valence-electron chi connectivity index (χ0n) is 12.0. The monoisotopic (exact) mass is 301 g/mol. The molecule has 0 aliphatic carbocycles. The molecule has 0 unspecified atom stereocenters. The largest absolute Gasteiger partial charge is 0.496 e. The fourth-order valence-corrected chi connectivity index (χ4v) is 2.61. The van der Waals surface area contributed by atoms with Gasteiger partial charge in [0.25, 0.3) is 5.88 Å². The highest BCUT2D eigenvalue weighted by atomic mass is 32.2. The molecule has 3 aromatic rings. The van der Waals surface area contributed by atoms with Gasteiger partial charge < -0.3 is 13.9 Å². The Morgan fingerprint density at radius 3 is 2.76 bits per heavy atom. The van der Waals surface area contributed by atoms with Crippen LogP contribution in [0.25, 0.3) is 16.9 Å². The summed E-state index contributed by atoms with van der Waals surface area (Å²) in [6.45, 7) is 0. The van der Waals surface area contributed by atoms with E-state index in [4.69, 9.17) is 9.47 Å². The quantitative estimate of drug-likeness (QED) is 0.693. The first-order chi connectivity index (χ1) is 10.3. The van der Waals surface area contributed by atoms with Crippen molar-refractivity contribution in [3.8, 4) is 22.9 Å². The number of hydrogen-bond donors (Lipinski definition) is 0. The number of methoxy groups -OCH3 is 2. The molecule has 0 spiro atoms. The van der Waals surface area contributed by atoms with Gasteiger partial charge in [0.05, 0.1) is 19.9 Å². The van der Waals surface area contributed by atoms with E-state index in [0.717, 1.165) is 21.9 Å². The first-order valence-electron chi connectivity index (χ1n) is 6.37. The van der Waals surface area contributed by atoms with Crippen LogP contribution < -0.4 is 9.47 Å². The van der Waals surface area contributed by atoms with Gasteiger partial charge in [-0.2, -0.15) is 0 Å². The highest BCUT2D eigenvalue weighted by molar-refractivity contribution is 7.98. The number of aromatic nitrogens is 3. The van der Waals surface area contributed by atoms with Gasteiger partial charge in [-0.1, -0.05) is 0 Å². The normalized spacial score (nSPS) is 10.8. The minimum atomic E-state index is 0.503. The minimum absolute atomic E-state index is 0.503. The Balaban J connectivity index is 2.16. The number of benzene rings is 1. The Bertz CT molecular complexity index is 786. The van der Waals surface area contributed by atoms with Crippen LogP contribution in [0, 0.1) is 0 Å². The van der Waals surface area contributed by atoms with Crippen LogP contribution in [0.15, 0.2) is 41.7 Å². The van der Waals surface area contributed by atoms with Crippen LogP contribution >= 0.6 is 11.8 Å². The molecule has 0 saturated carbocycles. The molecule has 108 valence electrons. The number of nitrogens with zero attached hydrogens (tertiary/aromatic N) is 3. The summed E-state index contributed by atoms with van der Waals surface area (Å²) in [5.41, 5.74) is 2.46. The van der Waals surface area contributed by atoms with Crippen molar-refractivity contribution in [3.63, 3.8) is 0 Å². The molecule has 0 bridgehead atoms. The topological polar surface area (TPSA) is 48.7 Å². The van der Waals surface area contributed by atoms with Crippen LogP contribution in [0.1, 0.15) is 0 Å². The van der Waals surface area contributed by atoms with Crippen LogP contribution in [0.5, 0.6) is 11.6 Å². The number of thioether (sulfide) groups is 1. The Kier molecular flexibility index (Phi) is 3.70. The number of rotatable bonds is 4. The summed E-state index contributed by atoms with van der Waals surface area (Å²) >= 11 is 1.68. The van der Waals surface area contributed by atoms with E-state index >= 15 is 0 Å². The summed E-state index contributed by atoms with van der Waals surface area (Å²) in [5.74, 6) is 1.31. The maximum absolute atomic E-state index is 5.49. The van der Waals surface area contributed by atoms with Crippen molar-refractivity contribution in [1.29, 1.82) is 0 Å². The zero-order valence-corrected chi connectivity index (χ0v) is 12.8. The van der Waals surface area contributed by atoms with Gasteiger partial charge in [0.2, 0.25) is 5.65 Å². The Hall–Kier alpha value is -2.21. The number of fused-ring (bicyclic) bond motifs is 1. The second-order valence-corrected chi connectivity index (χ2v) is 5.24. The van der Waals surface area contributed by atoms with E-state index in [1.807, 2.05) is 35.2 Å². The first-order valence-corrected chi connectivity index (χ1v) is 7.59. The summed E-state index contributed by atoms with van der Waals surface area (Å²) in [7, 11) is 3.26. The number of ether oxygens (including phenoxy) is 2. The molecule has 2 heterocycles. The molecule has 0 fully saturated rings. The van der Waals surface area contributed by atoms with Gasteiger partial charge in [-0.25, -0.2) is 9.97 Å². The lowest BCUT2D eigenvalue weighted by atomic mass is 10.1. The van der Waals surface area contributed by atoms with Gasteiger partial charge in [0.15, 0.2) is 0 Å². The van der Waals surface area contributed by atoms with Crippen molar-refractivity contribution >= 4 is 17.4 Å². The van der Waals surface area contributed by atoms with E-state index in [9.17, 15) is 0 Å². The highest BCUT2D eigenvalue weighted by Gasteiger charge is 2.13. The second kappa shape index (κ2) is 5.65. The van der Waals surface area contributed by atoms with E-state index in [0.29, 0.717) is 11.5 Å². The van der Waals surface area contributed by atoms with E-state index in [2.05, 4.69) is 16.0 Å². The second-order valence-electron chi connectivity index (χ2n) is 4.36. The maximum Gasteiger partial charge on any atom is 0.258 e. The lowest BCUT2D eigenvalue weighted by molar-refractivity contribution is 0.400. The standard InChI is InChI=1S/C15H15N3O2S/c1-19-13-8-10(21-3)4-5-11(13)12-9-18-7-6-16-15(20-2)14(18)17-12/h4-9H,1-3H3. The van der Waals surface area contributed by atoms with Gasteiger partial charge in [-0.05, 0) is 24.5 Å². The van der Waals surface area contributed by atoms with Crippen LogP contribution in [-0.2, 0) is 0 Å². The molecule has 0 aliphatic heterocycles. The van der Waals surface area contributed by atoms with Gasteiger partial charge in [0.1, 0.15) is 5.75 Å². The molecule has 2 aromatic heterocycles. The molecule has 21 heavy (non-hydrogen) atoms. The van der Waals surface area contributed by atoms with Gasteiger partial charge in [0, 0.05) is 29.0 Å². The van der Waals surface area contributed by atoms with Crippen molar-refractivity contribution < 1.29 is 9.47 Å². The SMILES string of the molecule is COc1cc(SC)ccc1-c1cn2ccnc(OC)c2n1. The van der Waals surface area contributed by atoms with E-state index in [1.54, 1.807) is 32.2 Å². The van der Waals surface area contributed by atoms with Crippen LogP contribution in [0.4, 0.5) is 0 Å². The van der Waals surface area contributed by atoms with Crippen LogP contribution in [0.3, 0.4) is 0 Å². The Labute approximate surface area is 126 Å². The third-order valence-corrected chi connectivity index (χ3v) is 3.95. The van der Waals surface area contributed by atoms with Crippen molar-refractivity contribution in [3.05, 3.63) is 36.8 Å². The molecular weight excluding hydrogens is 286 g/mol. The molecule has 0 aliphatic rings. The molecule has 5 nitrogen and oxygen atoms in total. The van der Waals surface area contributed by atoms with E-state index < -0.39 is 0 Å². The predicted octanol–water partition coefficient (Wildman–Crippen LogP) is 3.14. The van der Waals surface area contributed by atoms with E-state index in [1.165, 1.54) is 0 Å². The van der Waals surface area contributed by atoms with Crippen LogP contribution in [-0.4, -0.2) is 34.8 Å². The van der Waals surface area contributed by atoms with Crippen LogP contribution in [0.2, 0.25) is 0 Å². The average molecular weight is 301 g/mol. The Morgan fingerprint density at radius 2 is 2.05 bits per heavy atom. The molecule has 3 rings (SSSR count). The molecule has 0 saturated heterocycles. The van der Waals surface area contributed by atoms with E-state index in [-0.39, 0.29) is 0 Å². The van der Waals surface area contributed by atoms with Gasteiger partial charge in [-0.15, -0.1) is 11.8 Å². The van der Waals surface area contributed by atoms with Gasteiger partial charge in [-0.3, -0.25) is 0 Å². The third kappa shape index (κ3) is 2.42. The maximum atomic E-state index is 5.49. The molecule has 0 amide bonds. The minimum Gasteiger partial charge on any atom is -0.496 e. The lowest BCUT2D eigenvalue weighted by Gasteiger charge is -2.07. The fraction of sp³-hybridized carbons (Fsp3) is 0.200. The average Bonchev–Trinajstić information content (AvgIpc) is 2.97. The third-order valence-electron chi connectivity index (χ3n) is 3.22. The number of hydrogen-bond acceptors (Lipinski definition) is 5.